The lowest BCUT2D eigenvalue weighted by Gasteiger charge is -2.35. The van der Waals surface area contributed by atoms with Crippen LogP contribution >= 0.6 is 11.3 Å². The van der Waals surface area contributed by atoms with Gasteiger partial charge in [0.2, 0.25) is 5.91 Å². The molecule has 47 heavy (non-hydrogen) atoms. The minimum atomic E-state index is -0.662. The molecule has 244 valence electrons. The summed E-state index contributed by atoms with van der Waals surface area (Å²) in [6.45, 7) is 5.76. The molecule has 2 aliphatic rings. The van der Waals surface area contributed by atoms with Gasteiger partial charge in [-0.2, -0.15) is 5.10 Å². The van der Waals surface area contributed by atoms with Gasteiger partial charge in [0.25, 0.3) is 11.5 Å². The van der Waals surface area contributed by atoms with E-state index in [0.717, 1.165) is 25.7 Å². The first-order valence-electron chi connectivity index (χ1n) is 15.3. The van der Waals surface area contributed by atoms with E-state index in [1.54, 1.807) is 32.9 Å². The number of anilines is 4. The molecular formula is C33H34FN7O5S. The predicted molar refractivity (Wildman–Crippen MR) is 177 cm³/mol. The highest BCUT2D eigenvalue weighted by atomic mass is 32.1. The number of carbonyl (C=O) groups excluding carboxylic acids is 3. The molecule has 3 amide bonds. The Bertz CT molecular complexity index is 1880. The van der Waals surface area contributed by atoms with Crippen molar-refractivity contribution in [1.82, 2.24) is 20.1 Å². The van der Waals surface area contributed by atoms with Crippen molar-refractivity contribution in [3.05, 3.63) is 80.2 Å². The van der Waals surface area contributed by atoms with Crippen LogP contribution in [-0.4, -0.2) is 63.2 Å². The number of H-pyrrole nitrogens is 1. The first-order chi connectivity index (χ1) is 22.4. The number of thiophene rings is 1. The fourth-order valence-electron chi connectivity index (χ4n) is 5.40. The molecule has 1 aliphatic carbocycles. The predicted octanol–water partition coefficient (Wildman–Crippen LogP) is 5.49. The van der Waals surface area contributed by atoms with E-state index in [2.05, 4.69) is 25.8 Å². The summed E-state index contributed by atoms with van der Waals surface area (Å²) >= 11 is 1.45. The van der Waals surface area contributed by atoms with E-state index in [0.29, 0.717) is 34.2 Å². The Balaban J connectivity index is 1.13. The standard InChI is InChI=1S/C33H34FN7O5S/c1-33(2,3)46-32(45)40-12-13-41(29(42)18-40)21-9-11-28(35-17-21)36-25-16-23(38-39-30(25)43)19-8-10-22(34)24(14-19)37-31(44)27-15-20-6-4-5-7-26(20)47-27/h8-11,14-17H,4-7,12-13,18H2,1-3H3,(H,37,44)(H,39,43)(H,35,36,38). The first kappa shape index (κ1) is 31.9. The van der Waals surface area contributed by atoms with E-state index in [1.807, 2.05) is 6.07 Å². The number of halogens is 1. The molecule has 0 unspecified atom stereocenters. The van der Waals surface area contributed by atoms with Gasteiger partial charge in [-0.3, -0.25) is 19.3 Å². The highest BCUT2D eigenvalue weighted by molar-refractivity contribution is 7.14. The van der Waals surface area contributed by atoms with E-state index in [4.69, 9.17) is 4.74 Å². The average Bonchev–Trinajstić information content (AvgIpc) is 3.48. The van der Waals surface area contributed by atoms with E-state index in [9.17, 15) is 23.6 Å². The molecule has 0 bridgehead atoms. The summed E-state index contributed by atoms with van der Waals surface area (Å²) < 4.78 is 20.1. The van der Waals surface area contributed by atoms with Crippen molar-refractivity contribution in [2.45, 2.75) is 52.1 Å². The number of aromatic amines is 1. The summed E-state index contributed by atoms with van der Waals surface area (Å²) in [5.74, 6) is -0.912. The van der Waals surface area contributed by atoms with Crippen LogP contribution in [-0.2, 0) is 22.4 Å². The van der Waals surface area contributed by atoms with E-state index in [-0.39, 0.29) is 36.3 Å². The van der Waals surface area contributed by atoms with E-state index < -0.39 is 23.1 Å². The molecule has 4 aromatic rings. The zero-order chi connectivity index (χ0) is 33.3. The van der Waals surface area contributed by atoms with Crippen LogP contribution < -0.4 is 21.1 Å². The third-order valence-electron chi connectivity index (χ3n) is 7.73. The van der Waals surface area contributed by atoms with Crippen molar-refractivity contribution in [3.8, 4) is 11.3 Å². The minimum absolute atomic E-state index is 0.000103. The Morgan fingerprint density at radius 2 is 1.83 bits per heavy atom. The topological polar surface area (TPSA) is 150 Å². The summed E-state index contributed by atoms with van der Waals surface area (Å²) in [4.78, 5) is 59.8. The number of aromatic nitrogens is 3. The number of rotatable bonds is 6. The second kappa shape index (κ2) is 12.9. The number of ether oxygens (including phenoxy) is 1. The molecule has 1 aliphatic heterocycles. The molecule has 0 saturated carbocycles. The van der Waals surface area contributed by atoms with E-state index in [1.165, 1.54) is 62.0 Å². The molecule has 0 radical (unpaired) electrons. The van der Waals surface area contributed by atoms with Crippen LogP contribution in [0.15, 0.2) is 53.5 Å². The zero-order valence-electron chi connectivity index (χ0n) is 26.2. The zero-order valence-corrected chi connectivity index (χ0v) is 27.0. The number of carbonyl (C=O) groups is 3. The summed E-state index contributed by atoms with van der Waals surface area (Å²) in [6, 6.07) is 10.9. The smallest absolute Gasteiger partial charge is 0.410 e. The highest BCUT2D eigenvalue weighted by Gasteiger charge is 2.31. The van der Waals surface area contributed by atoms with Crippen molar-refractivity contribution in [3.63, 3.8) is 0 Å². The van der Waals surface area contributed by atoms with Gasteiger partial charge in [0.15, 0.2) is 0 Å². The molecule has 3 aromatic heterocycles. The molecule has 1 fully saturated rings. The Labute approximate surface area is 274 Å². The van der Waals surface area contributed by atoms with Crippen molar-refractivity contribution in [1.29, 1.82) is 0 Å². The second-order valence-electron chi connectivity index (χ2n) is 12.4. The molecule has 3 N–H and O–H groups in total. The maximum atomic E-state index is 14.8. The first-order valence-corrected chi connectivity index (χ1v) is 16.1. The van der Waals surface area contributed by atoms with E-state index >= 15 is 0 Å². The molecular weight excluding hydrogens is 625 g/mol. The van der Waals surface area contributed by atoms with Crippen LogP contribution in [0.3, 0.4) is 0 Å². The lowest BCUT2D eigenvalue weighted by molar-refractivity contribution is -0.121. The lowest BCUT2D eigenvalue weighted by Crippen LogP contribution is -2.53. The Morgan fingerprint density at radius 1 is 1.02 bits per heavy atom. The molecule has 6 rings (SSSR count). The largest absolute Gasteiger partial charge is 0.444 e. The molecule has 1 aromatic carbocycles. The van der Waals surface area contributed by atoms with Crippen molar-refractivity contribution >= 4 is 52.1 Å². The average molecular weight is 660 g/mol. The number of hydrogen-bond acceptors (Lipinski definition) is 9. The van der Waals surface area contributed by atoms with Crippen molar-refractivity contribution in [2.75, 3.05) is 35.2 Å². The summed E-state index contributed by atoms with van der Waals surface area (Å²) in [7, 11) is 0. The number of benzene rings is 1. The lowest BCUT2D eigenvalue weighted by atomic mass is 9.99. The van der Waals surface area contributed by atoms with Gasteiger partial charge in [0.1, 0.15) is 29.5 Å². The summed E-state index contributed by atoms with van der Waals surface area (Å²) in [5, 5.41) is 12.2. The summed E-state index contributed by atoms with van der Waals surface area (Å²) in [6.07, 6.45) is 5.07. The second-order valence-corrected chi connectivity index (χ2v) is 13.5. The maximum absolute atomic E-state index is 14.8. The van der Waals surface area contributed by atoms with Gasteiger partial charge in [-0.05, 0) is 94.5 Å². The molecule has 4 heterocycles. The van der Waals surface area contributed by atoms with Crippen molar-refractivity contribution < 1.29 is 23.5 Å². The number of aryl methyl sites for hydroxylation is 2. The molecule has 14 heteroatoms. The SMILES string of the molecule is CC(C)(C)OC(=O)N1CCN(c2ccc(Nc3cc(-c4ccc(F)c(NC(=O)c5cc6c(s5)CCCC6)c4)n[nH]c3=O)nc2)C(=O)C1. The fraction of sp³-hybridized carbons (Fsp3) is 0.333. The van der Waals surface area contributed by atoms with Gasteiger partial charge in [0.05, 0.1) is 28.1 Å². The number of nitrogens with one attached hydrogen (secondary N) is 3. The van der Waals surface area contributed by atoms with Gasteiger partial charge < -0.3 is 20.3 Å². The van der Waals surface area contributed by atoms with Gasteiger partial charge in [0, 0.05) is 23.5 Å². The van der Waals surface area contributed by atoms with Crippen LogP contribution in [0.2, 0.25) is 0 Å². The van der Waals surface area contributed by atoms with Gasteiger partial charge in [-0.25, -0.2) is 19.3 Å². The Morgan fingerprint density at radius 3 is 2.55 bits per heavy atom. The van der Waals surface area contributed by atoms with Crippen molar-refractivity contribution in [2.24, 2.45) is 0 Å². The Hall–Kier alpha value is -5.11. The third kappa shape index (κ3) is 7.32. The van der Waals surface area contributed by atoms with Crippen LogP contribution in [0.1, 0.15) is 53.7 Å². The van der Waals surface area contributed by atoms with Gasteiger partial charge >= 0.3 is 6.09 Å². The molecule has 0 spiro atoms. The molecule has 1 saturated heterocycles. The number of pyridine rings is 1. The van der Waals surface area contributed by atoms with Crippen LogP contribution in [0.5, 0.6) is 0 Å². The fourth-order valence-corrected chi connectivity index (χ4v) is 6.55. The number of fused-ring (bicyclic) bond motifs is 1. The molecule has 12 nitrogen and oxygen atoms in total. The van der Waals surface area contributed by atoms with Gasteiger partial charge in [-0.15, -0.1) is 11.3 Å². The summed E-state index contributed by atoms with van der Waals surface area (Å²) in [5.41, 5.74) is 1.50. The maximum Gasteiger partial charge on any atom is 0.410 e. The number of nitrogens with zero attached hydrogens (tertiary/aromatic N) is 4. The van der Waals surface area contributed by atoms with Gasteiger partial charge in [-0.1, -0.05) is 0 Å². The molecule has 0 atom stereocenters. The van der Waals surface area contributed by atoms with Crippen LogP contribution in [0.25, 0.3) is 11.3 Å². The number of amides is 3. The van der Waals surface area contributed by atoms with Crippen LogP contribution in [0.4, 0.5) is 32.1 Å². The monoisotopic (exact) mass is 659 g/mol. The highest BCUT2D eigenvalue weighted by Crippen LogP contribution is 2.31. The minimum Gasteiger partial charge on any atom is -0.444 e. The third-order valence-corrected chi connectivity index (χ3v) is 8.96. The Kier molecular flexibility index (Phi) is 8.78. The normalized spacial score (nSPS) is 14.9. The van der Waals surface area contributed by atoms with Crippen LogP contribution in [0, 0.1) is 5.82 Å². The number of hydrogen-bond donors (Lipinski definition) is 3. The quantitative estimate of drug-likeness (QED) is 0.246. The number of piperazine rings is 1.